The minimum absolute atomic E-state index is 0.496. The first-order valence-electron chi connectivity index (χ1n) is 7.98. The van der Waals surface area contributed by atoms with E-state index < -0.39 is 0 Å². The Kier molecular flexibility index (Phi) is 5.57. The number of benzene rings is 1. The quantitative estimate of drug-likeness (QED) is 0.773. The number of aromatic nitrogens is 2. The highest BCUT2D eigenvalue weighted by Gasteiger charge is 2.12. The van der Waals surface area contributed by atoms with Crippen LogP contribution >= 0.6 is 0 Å². The molecule has 0 aliphatic rings. The summed E-state index contributed by atoms with van der Waals surface area (Å²) in [5.41, 5.74) is 5.05. The lowest BCUT2D eigenvalue weighted by Gasteiger charge is -2.14. The van der Waals surface area contributed by atoms with Crippen molar-refractivity contribution in [3.8, 4) is 5.69 Å². The van der Waals surface area contributed by atoms with Crippen molar-refractivity contribution in [1.29, 1.82) is 0 Å². The molecule has 0 amide bonds. The summed E-state index contributed by atoms with van der Waals surface area (Å²) in [6.07, 6.45) is 4.45. The van der Waals surface area contributed by atoms with E-state index in [9.17, 15) is 0 Å². The third-order valence-electron chi connectivity index (χ3n) is 3.92. The maximum Gasteiger partial charge on any atom is 0.0683 e. The third kappa shape index (κ3) is 3.73. The van der Waals surface area contributed by atoms with Gasteiger partial charge in [-0.3, -0.25) is 0 Å². The fraction of sp³-hybridized carbons (Fsp3) is 0.500. The third-order valence-corrected chi connectivity index (χ3v) is 3.92. The number of nitrogens with zero attached hydrogens (tertiary/aromatic N) is 2. The van der Waals surface area contributed by atoms with Crippen molar-refractivity contribution in [1.82, 2.24) is 15.1 Å². The summed E-state index contributed by atoms with van der Waals surface area (Å²) in [6.45, 7) is 10.8. The van der Waals surface area contributed by atoms with Gasteiger partial charge in [-0.05, 0) is 37.4 Å². The topological polar surface area (TPSA) is 29.9 Å². The number of para-hydroxylation sites is 1. The molecule has 0 unspecified atom stereocenters. The zero-order valence-corrected chi connectivity index (χ0v) is 13.7. The van der Waals surface area contributed by atoms with Gasteiger partial charge in [0, 0.05) is 17.8 Å². The van der Waals surface area contributed by atoms with Crippen LogP contribution in [0, 0.1) is 6.92 Å². The van der Waals surface area contributed by atoms with Crippen LogP contribution in [0.15, 0.2) is 30.5 Å². The van der Waals surface area contributed by atoms with Crippen molar-refractivity contribution in [3.63, 3.8) is 0 Å². The van der Waals surface area contributed by atoms with E-state index in [2.05, 4.69) is 67.1 Å². The molecule has 2 aromatic rings. The molecule has 2 rings (SSSR count). The zero-order chi connectivity index (χ0) is 15.2. The molecule has 0 saturated carbocycles. The SMILES string of the molecule is CCCCNCc1cnn(-c2ccccc2C(C)C)c1C. The summed E-state index contributed by atoms with van der Waals surface area (Å²) in [4.78, 5) is 0. The summed E-state index contributed by atoms with van der Waals surface area (Å²) in [5, 5.41) is 8.10. The minimum atomic E-state index is 0.496. The van der Waals surface area contributed by atoms with Gasteiger partial charge in [-0.25, -0.2) is 4.68 Å². The smallest absolute Gasteiger partial charge is 0.0683 e. The molecule has 1 heterocycles. The predicted octanol–water partition coefficient (Wildman–Crippen LogP) is 4.19. The maximum absolute atomic E-state index is 4.60. The molecule has 0 saturated heterocycles. The summed E-state index contributed by atoms with van der Waals surface area (Å²) in [6, 6.07) is 8.54. The summed E-state index contributed by atoms with van der Waals surface area (Å²) < 4.78 is 2.08. The van der Waals surface area contributed by atoms with E-state index in [4.69, 9.17) is 0 Å². The van der Waals surface area contributed by atoms with E-state index in [1.54, 1.807) is 0 Å². The first-order valence-corrected chi connectivity index (χ1v) is 7.98. The van der Waals surface area contributed by atoms with Gasteiger partial charge in [0.25, 0.3) is 0 Å². The highest BCUT2D eigenvalue weighted by Crippen LogP contribution is 2.24. The van der Waals surface area contributed by atoms with Crippen molar-refractivity contribution in [2.45, 2.75) is 53.0 Å². The van der Waals surface area contributed by atoms with E-state index in [0.29, 0.717) is 5.92 Å². The van der Waals surface area contributed by atoms with Gasteiger partial charge < -0.3 is 5.32 Å². The second-order valence-corrected chi connectivity index (χ2v) is 5.91. The number of unbranched alkanes of at least 4 members (excludes halogenated alkanes) is 1. The molecule has 0 bridgehead atoms. The summed E-state index contributed by atoms with van der Waals surface area (Å²) in [5.74, 6) is 0.496. The molecule has 0 atom stereocenters. The molecular formula is C18H27N3. The molecule has 0 spiro atoms. The maximum atomic E-state index is 4.60. The van der Waals surface area contributed by atoms with E-state index in [-0.39, 0.29) is 0 Å². The number of rotatable bonds is 7. The molecule has 1 aromatic carbocycles. The van der Waals surface area contributed by atoms with Gasteiger partial charge in [-0.2, -0.15) is 5.10 Å². The second-order valence-electron chi connectivity index (χ2n) is 5.91. The minimum Gasteiger partial charge on any atom is -0.313 e. The monoisotopic (exact) mass is 285 g/mol. The van der Waals surface area contributed by atoms with Crippen molar-refractivity contribution < 1.29 is 0 Å². The average Bonchev–Trinajstić information content (AvgIpc) is 2.85. The van der Waals surface area contributed by atoms with Gasteiger partial charge in [0.15, 0.2) is 0 Å². The fourth-order valence-electron chi connectivity index (χ4n) is 2.55. The van der Waals surface area contributed by atoms with Crippen LogP contribution in [-0.4, -0.2) is 16.3 Å². The van der Waals surface area contributed by atoms with Crippen molar-refractivity contribution in [2.75, 3.05) is 6.54 Å². The first kappa shape index (κ1) is 15.8. The average molecular weight is 285 g/mol. The lowest BCUT2D eigenvalue weighted by Crippen LogP contribution is -2.15. The molecule has 114 valence electrons. The van der Waals surface area contributed by atoms with Crippen LogP contribution in [0.4, 0.5) is 0 Å². The molecule has 0 aliphatic heterocycles. The van der Waals surface area contributed by atoms with Crippen LogP contribution in [0.1, 0.15) is 56.4 Å². The Hall–Kier alpha value is -1.61. The second kappa shape index (κ2) is 7.41. The number of hydrogen-bond donors (Lipinski definition) is 1. The molecule has 21 heavy (non-hydrogen) atoms. The van der Waals surface area contributed by atoms with Gasteiger partial charge in [0.1, 0.15) is 0 Å². The molecule has 1 aromatic heterocycles. The van der Waals surface area contributed by atoms with E-state index in [1.165, 1.54) is 35.3 Å². The fourth-order valence-corrected chi connectivity index (χ4v) is 2.55. The Morgan fingerprint density at radius 1 is 1.24 bits per heavy atom. The standard InChI is InChI=1S/C18H27N3/c1-5-6-11-19-12-16-13-20-21(15(16)4)18-10-8-7-9-17(18)14(2)3/h7-10,13-14,19H,5-6,11-12H2,1-4H3. The van der Waals surface area contributed by atoms with E-state index in [1.807, 2.05) is 6.20 Å². The summed E-state index contributed by atoms with van der Waals surface area (Å²) in [7, 11) is 0. The Morgan fingerprint density at radius 3 is 2.71 bits per heavy atom. The predicted molar refractivity (Wildman–Crippen MR) is 89.0 cm³/mol. The molecule has 0 radical (unpaired) electrons. The highest BCUT2D eigenvalue weighted by molar-refractivity contribution is 5.44. The molecule has 3 nitrogen and oxygen atoms in total. The molecule has 0 fully saturated rings. The zero-order valence-electron chi connectivity index (χ0n) is 13.7. The molecule has 3 heteroatoms. The Bertz CT molecular complexity index is 570. The van der Waals surface area contributed by atoms with Crippen LogP contribution in [0.5, 0.6) is 0 Å². The van der Waals surface area contributed by atoms with Crippen LogP contribution < -0.4 is 5.32 Å². The van der Waals surface area contributed by atoms with Gasteiger partial charge in [-0.15, -0.1) is 0 Å². The van der Waals surface area contributed by atoms with Gasteiger partial charge in [0.2, 0.25) is 0 Å². The van der Waals surface area contributed by atoms with Crippen molar-refractivity contribution in [3.05, 3.63) is 47.3 Å². The Labute approximate surface area is 128 Å². The lowest BCUT2D eigenvalue weighted by atomic mass is 10.0. The van der Waals surface area contributed by atoms with E-state index in [0.717, 1.165) is 13.1 Å². The summed E-state index contributed by atoms with van der Waals surface area (Å²) >= 11 is 0. The van der Waals surface area contributed by atoms with Crippen LogP contribution in [0.3, 0.4) is 0 Å². The van der Waals surface area contributed by atoms with Crippen molar-refractivity contribution >= 4 is 0 Å². The number of nitrogens with one attached hydrogen (secondary N) is 1. The normalized spacial score (nSPS) is 11.3. The van der Waals surface area contributed by atoms with Gasteiger partial charge in [-0.1, -0.05) is 45.4 Å². The lowest BCUT2D eigenvalue weighted by molar-refractivity contribution is 0.639. The Morgan fingerprint density at radius 2 is 2.00 bits per heavy atom. The van der Waals surface area contributed by atoms with Crippen molar-refractivity contribution in [2.24, 2.45) is 0 Å². The molecular weight excluding hydrogens is 258 g/mol. The van der Waals surface area contributed by atoms with E-state index >= 15 is 0 Å². The van der Waals surface area contributed by atoms with Gasteiger partial charge in [0.05, 0.1) is 11.9 Å². The van der Waals surface area contributed by atoms with Crippen LogP contribution in [0.25, 0.3) is 5.69 Å². The molecule has 1 N–H and O–H groups in total. The molecule has 0 aliphatic carbocycles. The first-order chi connectivity index (χ1) is 10.1. The van der Waals surface area contributed by atoms with Crippen LogP contribution in [-0.2, 0) is 6.54 Å². The largest absolute Gasteiger partial charge is 0.313 e. The van der Waals surface area contributed by atoms with Crippen LogP contribution in [0.2, 0.25) is 0 Å². The highest BCUT2D eigenvalue weighted by atomic mass is 15.3. The van der Waals surface area contributed by atoms with Gasteiger partial charge >= 0.3 is 0 Å². The number of hydrogen-bond acceptors (Lipinski definition) is 2. The Balaban J connectivity index is 2.20.